The van der Waals surface area contributed by atoms with Gasteiger partial charge in [0.15, 0.2) is 0 Å². The molecule has 270 valence electrons. The highest BCUT2D eigenvalue weighted by atomic mass is 32.2. The van der Waals surface area contributed by atoms with Gasteiger partial charge in [-0.15, -0.1) is 11.3 Å². The Labute approximate surface area is 298 Å². The summed E-state index contributed by atoms with van der Waals surface area (Å²) in [6, 6.07) is 13.6. The van der Waals surface area contributed by atoms with Gasteiger partial charge in [-0.1, -0.05) is 74.3 Å². The Morgan fingerprint density at radius 1 is 1.12 bits per heavy atom. The fourth-order valence-corrected chi connectivity index (χ4v) is 9.07. The Kier molecular flexibility index (Phi) is 12.6. The van der Waals surface area contributed by atoms with E-state index in [4.69, 9.17) is 5.21 Å². The first kappa shape index (κ1) is 37.4. The van der Waals surface area contributed by atoms with Gasteiger partial charge in [0.2, 0.25) is 15.9 Å². The topological polar surface area (TPSA) is 156 Å². The number of aryl methyl sites for hydroxylation is 1. The third-order valence-electron chi connectivity index (χ3n) is 9.52. The SMILES string of the molecule is Cc1nc(CN2CCN(C(C(=O)N[C@@H](Cc3ccccc3)[C@H](O)CN(CC3CCCC3)S(=O)(=O)c3ccc(/C=N/O)cc3)C(C)C)C2=O)cs1. The quantitative estimate of drug-likeness (QED) is 0.112. The normalized spacial score (nSPS) is 17.7. The maximum Gasteiger partial charge on any atom is 0.321 e. The molecule has 2 heterocycles. The van der Waals surface area contributed by atoms with Crippen LogP contribution in [-0.2, 0) is 27.8 Å². The van der Waals surface area contributed by atoms with E-state index in [1.165, 1.54) is 34.0 Å². The van der Waals surface area contributed by atoms with Gasteiger partial charge in [0.25, 0.3) is 0 Å². The summed E-state index contributed by atoms with van der Waals surface area (Å²) in [4.78, 5) is 35.6. The van der Waals surface area contributed by atoms with Gasteiger partial charge in [0.05, 0.1) is 40.5 Å². The number of carbonyl (C=O) groups excluding carboxylic acids is 2. The van der Waals surface area contributed by atoms with Gasteiger partial charge in [-0.2, -0.15) is 4.31 Å². The number of oxime groups is 1. The number of benzene rings is 2. The Hall–Kier alpha value is -3.85. The van der Waals surface area contributed by atoms with Gasteiger partial charge < -0.3 is 25.4 Å². The molecule has 2 aromatic carbocycles. The third kappa shape index (κ3) is 9.27. The smallest absolute Gasteiger partial charge is 0.321 e. The Morgan fingerprint density at radius 2 is 1.82 bits per heavy atom. The molecule has 1 unspecified atom stereocenters. The first-order valence-corrected chi connectivity index (χ1v) is 19.5. The van der Waals surface area contributed by atoms with E-state index in [0.29, 0.717) is 25.2 Å². The molecule has 1 aliphatic heterocycles. The van der Waals surface area contributed by atoms with Crippen LogP contribution in [0.5, 0.6) is 0 Å². The van der Waals surface area contributed by atoms with Crippen LogP contribution in [0, 0.1) is 18.8 Å². The molecule has 3 N–H and O–H groups in total. The van der Waals surface area contributed by atoms with Gasteiger partial charge >= 0.3 is 6.03 Å². The number of sulfonamides is 1. The number of carbonyl (C=O) groups is 2. The Morgan fingerprint density at radius 3 is 2.44 bits per heavy atom. The van der Waals surface area contributed by atoms with Crippen LogP contribution in [0.4, 0.5) is 4.79 Å². The maximum absolute atomic E-state index is 14.2. The standard InChI is InChI=1S/C36H48N6O6S2/c1-25(2)34(42-18-17-40(36(42)45)22-30-24-49-26(3)38-30)35(44)39-32(19-27-9-5-4-6-10-27)33(43)23-41(21-29-11-7-8-12-29)50(47,48)31-15-13-28(14-16-31)20-37-46/h4-6,9-10,13-16,20,24-25,29,32-34,43,46H,7-8,11-12,17-19,21-23H2,1-3H3,(H,39,44)/b37-20+/t32-,33+,34?/m0/s1. The van der Waals surface area contributed by atoms with Gasteiger partial charge in [0.1, 0.15) is 6.04 Å². The summed E-state index contributed by atoms with van der Waals surface area (Å²) in [5.41, 5.74) is 2.22. The van der Waals surface area contributed by atoms with Gasteiger partial charge in [-0.05, 0) is 61.3 Å². The minimum atomic E-state index is -4.04. The van der Waals surface area contributed by atoms with Crippen LogP contribution in [0.15, 0.2) is 70.0 Å². The summed E-state index contributed by atoms with van der Waals surface area (Å²) < 4.78 is 29.5. The zero-order valence-electron chi connectivity index (χ0n) is 28.9. The summed E-state index contributed by atoms with van der Waals surface area (Å²) in [5.74, 6) is -0.471. The van der Waals surface area contributed by atoms with Crippen molar-refractivity contribution in [3.8, 4) is 0 Å². The summed E-state index contributed by atoms with van der Waals surface area (Å²) in [5, 5.41) is 29.7. The monoisotopic (exact) mass is 724 g/mol. The number of rotatable bonds is 16. The van der Waals surface area contributed by atoms with Crippen molar-refractivity contribution in [1.29, 1.82) is 0 Å². The first-order valence-electron chi connectivity index (χ1n) is 17.2. The highest BCUT2D eigenvalue weighted by Gasteiger charge is 2.41. The third-order valence-corrected chi connectivity index (χ3v) is 12.2. The second-order valence-electron chi connectivity index (χ2n) is 13.6. The number of hydrogen-bond acceptors (Lipinski definition) is 9. The van der Waals surface area contributed by atoms with Crippen molar-refractivity contribution in [2.75, 3.05) is 26.2 Å². The first-order chi connectivity index (χ1) is 24.0. The summed E-state index contributed by atoms with van der Waals surface area (Å²) in [7, 11) is -4.04. The molecule has 3 atom stereocenters. The number of hydrogen-bond donors (Lipinski definition) is 3. The van der Waals surface area contributed by atoms with E-state index in [-0.39, 0.29) is 42.3 Å². The van der Waals surface area contributed by atoms with Crippen LogP contribution in [0.3, 0.4) is 0 Å². The van der Waals surface area contributed by atoms with Crippen LogP contribution in [-0.4, -0.2) is 100 Å². The number of aliphatic hydroxyl groups excluding tert-OH is 1. The van der Waals surface area contributed by atoms with Crippen molar-refractivity contribution in [3.05, 3.63) is 81.8 Å². The molecule has 5 rings (SSSR count). The molecule has 14 heteroatoms. The molecule has 3 aromatic rings. The van der Waals surface area contributed by atoms with E-state index < -0.39 is 34.1 Å². The molecule has 1 aliphatic carbocycles. The lowest BCUT2D eigenvalue weighted by Crippen LogP contribution is -2.57. The van der Waals surface area contributed by atoms with Crippen LogP contribution >= 0.6 is 11.3 Å². The predicted octanol–water partition coefficient (Wildman–Crippen LogP) is 4.49. The lowest BCUT2D eigenvalue weighted by atomic mass is 9.97. The summed E-state index contributed by atoms with van der Waals surface area (Å²) in [6.45, 7) is 6.92. The molecule has 3 amide bonds. The van der Waals surface area contributed by atoms with Gasteiger partial charge in [-0.25, -0.2) is 18.2 Å². The van der Waals surface area contributed by atoms with Gasteiger partial charge in [-0.3, -0.25) is 4.79 Å². The van der Waals surface area contributed by atoms with Crippen LogP contribution in [0.1, 0.15) is 61.4 Å². The minimum absolute atomic E-state index is 0.0613. The summed E-state index contributed by atoms with van der Waals surface area (Å²) in [6.07, 6.45) is 4.06. The Balaban J connectivity index is 1.38. The van der Waals surface area contributed by atoms with Crippen LogP contribution in [0.2, 0.25) is 0 Å². The average molecular weight is 725 g/mol. The summed E-state index contributed by atoms with van der Waals surface area (Å²) >= 11 is 1.53. The number of urea groups is 1. The molecule has 12 nitrogen and oxygen atoms in total. The van der Waals surface area contributed by atoms with E-state index in [1.54, 1.807) is 21.9 Å². The highest BCUT2D eigenvalue weighted by Crippen LogP contribution is 2.29. The zero-order chi connectivity index (χ0) is 35.8. The molecule has 1 saturated carbocycles. The van der Waals surface area contributed by atoms with Crippen molar-refractivity contribution in [1.82, 2.24) is 24.4 Å². The largest absolute Gasteiger partial charge is 0.411 e. The number of nitrogens with one attached hydrogen (secondary N) is 1. The maximum atomic E-state index is 14.2. The van der Waals surface area contributed by atoms with Gasteiger partial charge in [0, 0.05) is 31.6 Å². The van der Waals surface area contributed by atoms with Crippen molar-refractivity contribution in [3.63, 3.8) is 0 Å². The fraction of sp³-hybridized carbons (Fsp3) is 0.500. The Bertz CT molecular complexity index is 1710. The van der Waals surface area contributed by atoms with Crippen LogP contribution in [0.25, 0.3) is 0 Å². The second kappa shape index (κ2) is 16.9. The molecule has 2 aliphatic rings. The van der Waals surface area contributed by atoms with E-state index in [0.717, 1.165) is 41.9 Å². The van der Waals surface area contributed by atoms with E-state index in [9.17, 15) is 23.1 Å². The zero-order valence-corrected chi connectivity index (χ0v) is 30.5. The van der Waals surface area contributed by atoms with E-state index in [2.05, 4.69) is 15.5 Å². The molecule has 0 spiro atoms. The van der Waals surface area contributed by atoms with E-state index in [1.807, 2.05) is 56.5 Å². The molecule has 0 radical (unpaired) electrons. The molecule has 1 saturated heterocycles. The molecule has 2 fully saturated rings. The predicted molar refractivity (Wildman–Crippen MR) is 193 cm³/mol. The lowest BCUT2D eigenvalue weighted by molar-refractivity contribution is -0.128. The second-order valence-corrected chi connectivity index (χ2v) is 16.6. The van der Waals surface area contributed by atoms with Crippen molar-refractivity contribution >= 4 is 39.5 Å². The molecule has 1 aromatic heterocycles. The number of aliphatic hydroxyl groups is 1. The van der Waals surface area contributed by atoms with Crippen molar-refractivity contribution in [2.45, 2.75) is 82.5 Å². The minimum Gasteiger partial charge on any atom is -0.411 e. The van der Waals surface area contributed by atoms with Crippen molar-refractivity contribution in [2.24, 2.45) is 17.0 Å². The number of nitrogens with zero attached hydrogens (tertiary/aromatic N) is 5. The molecule has 0 bridgehead atoms. The number of thiazole rings is 1. The highest BCUT2D eigenvalue weighted by molar-refractivity contribution is 7.89. The fourth-order valence-electron chi connectivity index (χ4n) is 6.94. The molecule has 50 heavy (non-hydrogen) atoms. The lowest BCUT2D eigenvalue weighted by Gasteiger charge is -2.34. The van der Waals surface area contributed by atoms with Crippen LogP contribution < -0.4 is 5.32 Å². The molecular formula is C36H48N6O6S2. The van der Waals surface area contributed by atoms with E-state index >= 15 is 0 Å². The molecular weight excluding hydrogens is 677 g/mol. The number of amides is 3. The number of aromatic nitrogens is 1. The average Bonchev–Trinajstić information content (AvgIpc) is 3.84. The van der Waals surface area contributed by atoms with Crippen molar-refractivity contribution < 1.29 is 28.3 Å².